The summed E-state index contributed by atoms with van der Waals surface area (Å²) >= 11 is 0. The van der Waals surface area contributed by atoms with Gasteiger partial charge < -0.3 is 24.4 Å². The van der Waals surface area contributed by atoms with Crippen LogP contribution in [0, 0.1) is 17.3 Å². The van der Waals surface area contributed by atoms with E-state index in [9.17, 15) is 9.59 Å². The molecule has 10 nitrogen and oxygen atoms in total. The van der Waals surface area contributed by atoms with E-state index in [1.54, 1.807) is 0 Å². The van der Waals surface area contributed by atoms with Crippen LogP contribution in [0.25, 0.3) is 0 Å². The van der Waals surface area contributed by atoms with Gasteiger partial charge >= 0.3 is 7.12 Å². The summed E-state index contributed by atoms with van der Waals surface area (Å²) in [6, 6.07) is 9.35. The van der Waals surface area contributed by atoms with Crippen molar-refractivity contribution in [2.75, 3.05) is 0 Å². The summed E-state index contributed by atoms with van der Waals surface area (Å²) in [7, 11) is -0.587. The van der Waals surface area contributed by atoms with Gasteiger partial charge in [0.15, 0.2) is 6.39 Å². The van der Waals surface area contributed by atoms with Crippen LogP contribution < -0.4 is 10.6 Å². The lowest BCUT2D eigenvalue weighted by atomic mass is 9.43. The van der Waals surface area contributed by atoms with Crippen LogP contribution in [-0.2, 0) is 26.9 Å². The number of benzene rings is 1. The number of amides is 2. The minimum atomic E-state index is -0.935. The van der Waals surface area contributed by atoms with E-state index in [1.165, 1.54) is 36.7 Å². The summed E-state index contributed by atoms with van der Waals surface area (Å²) < 4.78 is 18.8. The second-order valence-corrected chi connectivity index (χ2v) is 12.6. The Morgan fingerprint density at radius 2 is 1.90 bits per heavy atom. The Hall–Kier alpha value is -3.57. The minimum Gasteiger partial charge on any atom is -0.448 e. The van der Waals surface area contributed by atoms with Crippen molar-refractivity contribution in [3.8, 4) is 0 Å². The van der Waals surface area contributed by atoms with Gasteiger partial charge in [0.1, 0.15) is 17.5 Å². The zero-order chi connectivity index (χ0) is 29.3. The average Bonchev–Trinajstić information content (AvgIpc) is 3.64. The van der Waals surface area contributed by atoms with E-state index in [2.05, 4.69) is 58.5 Å². The molecule has 220 valence electrons. The number of aromatic nitrogens is 3. The zero-order valence-corrected chi connectivity index (χ0v) is 24.4. The molecule has 2 unspecified atom stereocenters. The normalized spacial score (nSPS) is 26.9. The van der Waals surface area contributed by atoms with Crippen LogP contribution in [-0.4, -0.2) is 57.6 Å². The standard InChI is InChI=1S/C31H38BN5O5/c1-30(2)21-14-25(30)31(3)26(15-21)41-32(42-31)27(11-7-10-20-8-5-4-6-9-20)37-28(38)23(16-22-17-34-19-40-22)36-29(39)24-18-33-12-13-35-24/h4-6,8-9,12-13,17-19,21,23,25-27H,7,10-11,14-16H2,1-3H3,(H,36,39)(H,37,38)/t21-,23?,25-,26+,27?,31-/m0/s1. The number of oxazole rings is 1. The quantitative estimate of drug-likeness (QED) is 0.335. The maximum atomic E-state index is 13.9. The van der Waals surface area contributed by atoms with Crippen molar-refractivity contribution in [3.05, 3.63) is 78.5 Å². The van der Waals surface area contributed by atoms with Crippen LogP contribution in [0.3, 0.4) is 0 Å². The van der Waals surface area contributed by atoms with Crippen molar-refractivity contribution in [2.45, 2.75) is 83.0 Å². The summed E-state index contributed by atoms with van der Waals surface area (Å²) in [6.07, 6.45) is 11.7. The number of aryl methyl sites for hydroxylation is 1. The topological polar surface area (TPSA) is 128 Å². The summed E-state index contributed by atoms with van der Waals surface area (Å²) in [5.74, 6) is 0.239. The van der Waals surface area contributed by atoms with E-state index in [0.29, 0.717) is 24.0 Å². The first-order valence-electron chi connectivity index (χ1n) is 14.9. The van der Waals surface area contributed by atoms with E-state index in [-0.39, 0.29) is 29.5 Å². The van der Waals surface area contributed by atoms with Crippen molar-refractivity contribution in [1.82, 2.24) is 25.6 Å². The Bertz CT molecular complexity index is 1370. The van der Waals surface area contributed by atoms with Gasteiger partial charge in [0.2, 0.25) is 5.91 Å². The second kappa shape index (κ2) is 11.6. The van der Waals surface area contributed by atoms with Gasteiger partial charge in [0, 0.05) is 18.8 Å². The molecule has 0 spiro atoms. The highest BCUT2D eigenvalue weighted by Crippen LogP contribution is 2.65. The molecule has 3 aliphatic carbocycles. The van der Waals surface area contributed by atoms with Gasteiger partial charge in [-0.3, -0.25) is 14.6 Å². The van der Waals surface area contributed by atoms with E-state index in [1.807, 2.05) is 18.2 Å². The average molecular weight is 571 g/mol. The van der Waals surface area contributed by atoms with Gasteiger partial charge in [0.05, 0.1) is 30.0 Å². The Morgan fingerprint density at radius 3 is 2.62 bits per heavy atom. The SMILES string of the molecule is CC1(C)[C@@H]2C[C@H]3OB(C(CCCc4ccccc4)NC(=O)C(Cc4cnco4)NC(=O)c4cnccn4)O[C@@]3(C)[C@H]1C2. The number of hydrogen-bond donors (Lipinski definition) is 2. The Kier molecular flexibility index (Phi) is 7.89. The van der Waals surface area contributed by atoms with Gasteiger partial charge in [-0.15, -0.1) is 0 Å². The summed E-state index contributed by atoms with van der Waals surface area (Å²) in [6.45, 7) is 6.84. The van der Waals surface area contributed by atoms with Crippen LogP contribution in [0.1, 0.15) is 68.3 Å². The minimum absolute atomic E-state index is 0.00542. The predicted molar refractivity (Wildman–Crippen MR) is 155 cm³/mol. The highest BCUT2D eigenvalue weighted by molar-refractivity contribution is 6.47. The maximum absolute atomic E-state index is 13.9. The van der Waals surface area contributed by atoms with E-state index < -0.39 is 30.6 Å². The van der Waals surface area contributed by atoms with Crippen molar-refractivity contribution < 1.29 is 23.3 Å². The van der Waals surface area contributed by atoms with E-state index in [4.69, 9.17) is 13.7 Å². The number of nitrogens with one attached hydrogen (secondary N) is 2. The molecule has 0 radical (unpaired) electrons. The molecular weight excluding hydrogens is 533 g/mol. The van der Waals surface area contributed by atoms with Crippen molar-refractivity contribution in [3.63, 3.8) is 0 Å². The Balaban J connectivity index is 1.20. The highest BCUT2D eigenvalue weighted by atomic mass is 16.7. The number of rotatable bonds is 11. The van der Waals surface area contributed by atoms with E-state index >= 15 is 0 Å². The lowest BCUT2D eigenvalue weighted by Gasteiger charge is -2.64. The van der Waals surface area contributed by atoms with Crippen molar-refractivity contribution in [2.24, 2.45) is 17.3 Å². The molecule has 1 aromatic carbocycles. The lowest BCUT2D eigenvalue weighted by Crippen LogP contribution is -2.65. The van der Waals surface area contributed by atoms with Crippen LogP contribution in [0.5, 0.6) is 0 Å². The maximum Gasteiger partial charge on any atom is 0.481 e. The van der Waals surface area contributed by atoms with Gasteiger partial charge in [-0.05, 0) is 61.8 Å². The number of carbonyl (C=O) groups is 2. The summed E-state index contributed by atoms with van der Waals surface area (Å²) in [5.41, 5.74) is 1.17. The first-order valence-corrected chi connectivity index (χ1v) is 14.9. The highest BCUT2D eigenvalue weighted by Gasteiger charge is 2.68. The fraction of sp³-hybridized carbons (Fsp3) is 0.516. The molecule has 42 heavy (non-hydrogen) atoms. The molecule has 6 atom stereocenters. The molecule has 2 bridgehead atoms. The molecule has 2 aromatic heterocycles. The molecule has 11 heteroatoms. The molecule has 4 aliphatic rings. The molecule has 7 rings (SSSR count). The van der Waals surface area contributed by atoms with Gasteiger partial charge in [-0.1, -0.05) is 44.2 Å². The third-order valence-electron chi connectivity index (χ3n) is 9.75. The first kappa shape index (κ1) is 28.5. The second-order valence-electron chi connectivity index (χ2n) is 12.6. The molecule has 1 aliphatic heterocycles. The molecule has 2 N–H and O–H groups in total. The largest absolute Gasteiger partial charge is 0.481 e. The Morgan fingerprint density at radius 1 is 1.07 bits per heavy atom. The number of nitrogens with zero attached hydrogens (tertiary/aromatic N) is 3. The molecule has 1 saturated heterocycles. The number of hydrogen-bond acceptors (Lipinski definition) is 8. The monoisotopic (exact) mass is 571 g/mol. The number of carbonyl (C=O) groups excluding carboxylic acids is 2. The zero-order valence-electron chi connectivity index (χ0n) is 24.4. The van der Waals surface area contributed by atoms with Gasteiger partial charge in [0.25, 0.3) is 5.91 Å². The lowest BCUT2D eigenvalue weighted by molar-refractivity contribution is -0.199. The molecule has 3 saturated carbocycles. The van der Waals surface area contributed by atoms with Crippen LogP contribution in [0.15, 0.2) is 65.9 Å². The van der Waals surface area contributed by atoms with Crippen molar-refractivity contribution in [1.29, 1.82) is 0 Å². The van der Waals surface area contributed by atoms with Gasteiger partial charge in [-0.2, -0.15) is 0 Å². The molecular formula is C31H38BN5O5. The first-order chi connectivity index (χ1) is 20.2. The molecule has 3 heterocycles. The fourth-order valence-corrected chi connectivity index (χ4v) is 7.20. The third-order valence-corrected chi connectivity index (χ3v) is 9.75. The summed E-state index contributed by atoms with van der Waals surface area (Å²) in [5, 5.41) is 6.00. The predicted octanol–water partition coefficient (Wildman–Crippen LogP) is 3.58. The molecule has 4 fully saturated rings. The smallest absolute Gasteiger partial charge is 0.448 e. The Labute approximate surface area is 246 Å². The van der Waals surface area contributed by atoms with Crippen LogP contribution in [0.4, 0.5) is 0 Å². The van der Waals surface area contributed by atoms with E-state index in [0.717, 1.165) is 25.7 Å². The van der Waals surface area contributed by atoms with Crippen LogP contribution >= 0.6 is 0 Å². The molecule has 2 amide bonds. The van der Waals surface area contributed by atoms with Crippen LogP contribution in [0.2, 0.25) is 0 Å². The van der Waals surface area contributed by atoms with Gasteiger partial charge in [-0.25, -0.2) is 9.97 Å². The third kappa shape index (κ3) is 5.59. The summed E-state index contributed by atoms with van der Waals surface area (Å²) in [4.78, 5) is 38.9. The van der Waals surface area contributed by atoms with Crippen molar-refractivity contribution >= 4 is 18.9 Å². The fourth-order valence-electron chi connectivity index (χ4n) is 7.20. The molecule has 3 aromatic rings.